The van der Waals surface area contributed by atoms with Crippen molar-refractivity contribution < 1.29 is 14.7 Å². The molecule has 23 heavy (non-hydrogen) atoms. The highest BCUT2D eigenvalue weighted by Crippen LogP contribution is 2.46. The Hall–Kier alpha value is -2.62. The Morgan fingerprint density at radius 1 is 1.09 bits per heavy atom. The van der Waals surface area contributed by atoms with Gasteiger partial charge in [-0.05, 0) is 23.6 Å². The van der Waals surface area contributed by atoms with Crippen LogP contribution in [-0.2, 0) is 21.5 Å². The van der Waals surface area contributed by atoms with E-state index in [0.717, 1.165) is 16.8 Å². The van der Waals surface area contributed by atoms with Gasteiger partial charge in [0, 0.05) is 5.69 Å². The topological polar surface area (TPSA) is 57.6 Å². The summed E-state index contributed by atoms with van der Waals surface area (Å²) >= 11 is 0. The van der Waals surface area contributed by atoms with E-state index in [1.165, 1.54) is 0 Å². The molecule has 0 radical (unpaired) electrons. The zero-order valence-corrected chi connectivity index (χ0v) is 13.0. The number of nitrogens with zero attached hydrogens (tertiary/aromatic N) is 1. The number of carboxylic acid groups (broad SMARTS) is 1. The zero-order valence-electron chi connectivity index (χ0n) is 13.0. The number of amides is 1. The van der Waals surface area contributed by atoms with Crippen LogP contribution in [0.1, 0.15) is 30.9 Å². The lowest BCUT2D eigenvalue weighted by molar-refractivity contribution is -0.141. The molecular formula is C19H19NO3. The fraction of sp³-hybridized carbons (Fsp3) is 0.263. The molecule has 0 aromatic heterocycles. The quantitative estimate of drug-likeness (QED) is 0.921. The van der Waals surface area contributed by atoms with Gasteiger partial charge in [0.1, 0.15) is 0 Å². The maximum absolute atomic E-state index is 13.1. The van der Waals surface area contributed by atoms with Gasteiger partial charge in [-0.1, -0.05) is 55.5 Å². The molecule has 1 atom stereocenters. The van der Waals surface area contributed by atoms with Gasteiger partial charge in [0.25, 0.3) is 0 Å². The molecule has 0 fully saturated rings. The van der Waals surface area contributed by atoms with Gasteiger partial charge >= 0.3 is 5.97 Å². The number of carboxylic acids is 1. The van der Waals surface area contributed by atoms with Crippen LogP contribution in [0, 0.1) is 0 Å². The fourth-order valence-electron chi connectivity index (χ4n) is 3.42. The highest BCUT2D eigenvalue weighted by atomic mass is 16.4. The first kappa shape index (κ1) is 15.3. The molecule has 2 aromatic carbocycles. The molecule has 1 N–H and O–H groups in total. The van der Waals surface area contributed by atoms with Crippen molar-refractivity contribution in [2.75, 3.05) is 4.90 Å². The average Bonchev–Trinajstić information content (AvgIpc) is 2.79. The van der Waals surface area contributed by atoms with Crippen molar-refractivity contribution in [3.8, 4) is 0 Å². The lowest BCUT2D eigenvalue weighted by Gasteiger charge is -2.26. The number of benzene rings is 2. The summed E-state index contributed by atoms with van der Waals surface area (Å²) in [6.45, 7) is 2.34. The van der Waals surface area contributed by atoms with Gasteiger partial charge in [0.05, 0.1) is 18.4 Å². The lowest BCUT2D eigenvalue weighted by Crippen LogP contribution is -2.41. The smallest absolute Gasteiger partial charge is 0.304 e. The van der Waals surface area contributed by atoms with Gasteiger partial charge < -0.3 is 10.0 Å². The Balaban J connectivity index is 2.06. The first-order valence-electron chi connectivity index (χ1n) is 7.75. The van der Waals surface area contributed by atoms with Crippen LogP contribution in [0.5, 0.6) is 0 Å². The SMILES string of the molecule is CCC1(CC(=O)O)C(=O)N(Cc2ccccc2)c2ccccc21. The van der Waals surface area contributed by atoms with E-state index in [-0.39, 0.29) is 12.3 Å². The van der Waals surface area contributed by atoms with Gasteiger partial charge in [0.15, 0.2) is 0 Å². The number of aliphatic carboxylic acids is 1. The molecular weight excluding hydrogens is 290 g/mol. The lowest BCUT2D eigenvalue weighted by atomic mass is 9.76. The molecule has 0 bridgehead atoms. The summed E-state index contributed by atoms with van der Waals surface area (Å²) in [7, 11) is 0. The van der Waals surface area contributed by atoms with E-state index in [1.54, 1.807) is 4.90 Å². The van der Waals surface area contributed by atoms with Crippen molar-refractivity contribution >= 4 is 17.6 Å². The summed E-state index contributed by atoms with van der Waals surface area (Å²) in [6.07, 6.45) is 0.297. The third kappa shape index (κ3) is 2.50. The molecule has 1 heterocycles. The molecule has 1 aliphatic heterocycles. The van der Waals surface area contributed by atoms with Crippen LogP contribution in [-0.4, -0.2) is 17.0 Å². The van der Waals surface area contributed by atoms with E-state index in [2.05, 4.69) is 0 Å². The molecule has 1 amide bonds. The number of carbonyl (C=O) groups excluding carboxylic acids is 1. The molecule has 2 aromatic rings. The Kier molecular flexibility index (Phi) is 3.90. The highest BCUT2D eigenvalue weighted by Gasteiger charge is 2.50. The van der Waals surface area contributed by atoms with Crippen molar-refractivity contribution in [3.63, 3.8) is 0 Å². The molecule has 118 valence electrons. The largest absolute Gasteiger partial charge is 0.481 e. The fourth-order valence-corrected chi connectivity index (χ4v) is 3.42. The maximum Gasteiger partial charge on any atom is 0.304 e. The second-order valence-electron chi connectivity index (χ2n) is 5.90. The van der Waals surface area contributed by atoms with Gasteiger partial charge in [-0.2, -0.15) is 0 Å². The van der Waals surface area contributed by atoms with Crippen molar-refractivity contribution in [1.82, 2.24) is 0 Å². The van der Waals surface area contributed by atoms with E-state index in [4.69, 9.17) is 0 Å². The second-order valence-corrected chi connectivity index (χ2v) is 5.90. The molecule has 0 spiro atoms. The third-order valence-corrected chi connectivity index (χ3v) is 4.61. The molecule has 4 nitrogen and oxygen atoms in total. The summed E-state index contributed by atoms with van der Waals surface area (Å²) in [5, 5.41) is 9.32. The van der Waals surface area contributed by atoms with Gasteiger partial charge in [0.2, 0.25) is 5.91 Å². The van der Waals surface area contributed by atoms with Crippen LogP contribution < -0.4 is 4.90 Å². The number of hydrogen-bond donors (Lipinski definition) is 1. The Morgan fingerprint density at radius 2 is 1.74 bits per heavy atom. The van der Waals surface area contributed by atoms with Crippen molar-refractivity contribution in [2.45, 2.75) is 31.7 Å². The zero-order chi connectivity index (χ0) is 16.4. The Morgan fingerprint density at radius 3 is 2.39 bits per heavy atom. The summed E-state index contributed by atoms with van der Waals surface area (Å²) in [5.41, 5.74) is 1.71. The number of para-hydroxylation sites is 1. The number of fused-ring (bicyclic) bond motifs is 1. The Bertz CT molecular complexity index is 741. The third-order valence-electron chi connectivity index (χ3n) is 4.61. The van der Waals surface area contributed by atoms with E-state index in [9.17, 15) is 14.7 Å². The summed E-state index contributed by atoms with van der Waals surface area (Å²) < 4.78 is 0. The van der Waals surface area contributed by atoms with E-state index in [1.807, 2.05) is 61.5 Å². The van der Waals surface area contributed by atoms with Crippen LogP contribution >= 0.6 is 0 Å². The number of rotatable bonds is 5. The Labute approximate surface area is 135 Å². The standard InChI is InChI=1S/C19H19NO3/c1-2-19(12-17(21)22)15-10-6-7-11-16(15)20(18(19)23)13-14-8-4-3-5-9-14/h3-11H,2,12-13H2,1H3,(H,21,22). The molecule has 3 rings (SSSR count). The van der Waals surface area contributed by atoms with E-state index in [0.29, 0.717) is 13.0 Å². The second kappa shape index (κ2) is 5.88. The molecule has 1 unspecified atom stereocenters. The van der Waals surface area contributed by atoms with Crippen LogP contribution in [0.2, 0.25) is 0 Å². The van der Waals surface area contributed by atoms with Crippen molar-refractivity contribution in [1.29, 1.82) is 0 Å². The molecule has 0 aliphatic carbocycles. The minimum atomic E-state index is -0.961. The monoisotopic (exact) mass is 309 g/mol. The minimum Gasteiger partial charge on any atom is -0.481 e. The molecule has 0 saturated carbocycles. The van der Waals surface area contributed by atoms with Gasteiger partial charge in [-0.15, -0.1) is 0 Å². The predicted octanol–water partition coefficient (Wildman–Crippen LogP) is 3.36. The number of hydrogen-bond acceptors (Lipinski definition) is 2. The van der Waals surface area contributed by atoms with E-state index < -0.39 is 11.4 Å². The van der Waals surface area contributed by atoms with Crippen LogP contribution in [0.15, 0.2) is 54.6 Å². The van der Waals surface area contributed by atoms with Crippen LogP contribution in [0.4, 0.5) is 5.69 Å². The number of anilines is 1. The molecule has 1 aliphatic rings. The van der Waals surface area contributed by atoms with Crippen LogP contribution in [0.25, 0.3) is 0 Å². The van der Waals surface area contributed by atoms with Crippen molar-refractivity contribution in [2.24, 2.45) is 0 Å². The van der Waals surface area contributed by atoms with Gasteiger partial charge in [-0.25, -0.2) is 0 Å². The first-order valence-corrected chi connectivity index (χ1v) is 7.75. The summed E-state index contributed by atoms with van der Waals surface area (Å²) in [6, 6.07) is 17.3. The van der Waals surface area contributed by atoms with E-state index >= 15 is 0 Å². The predicted molar refractivity (Wildman–Crippen MR) is 88.3 cm³/mol. The highest BCUT2D eigenvalue weighted by molar-refractivity contribution is 6.09. The maximum atomic E-state index is 13.1. The van der Waals surface area contributed by atoms with Gasteiger partial charge in [-0.3, -0.25) is 9.59 Å². The average molecular weight is 309 g/mol. The minimum absolute atomic E-state index is 0.118. The molecule has 4 heteroatoms. The first-order chi connectivity index (χ1) is 11.1. The summed E-state index contributed by atoms with van der Waals surface area (Å²) in [4.78, 5) is 26.2. The van der Waals surface area contributed by atoms with Crippen molar-refractivity contribution in [3.05, 3.63) is 65.7 Å². The molecule has 0 saturated heterocycles. The summed E-state index contributed by atoms with van der Waals surface area (Å²) in [5.74, 6) is -1.07. The van der Waals surface area contributed by atoms with Crippen LogP contribution in [0.3, 0.4) is 0 Å². The number of carbonyl (C=O) groups is 2. The normalized spacial score (nSPS) is 19.7.